The van der Waals surface area contributed by atoms with E-state index in [1.54, 1.807) is 0 Å². The lowest BCUT2D eigenvalue weighted by molar-refractivity contribution is -0.130. The second-order valence-corrected chi connectivity index (χ2v) is 4.06. The second-order valence-electron chi connectivity index (χ2n) is 4.06. The van der Waals surface area contributed by atoms with E-state index in [1.165, 1.54) is 12.3 Å². The Morgan fingerprint density at radius 2 is 1.79 bits per heavy atom. The van der Waals surface area contributed by atoms with Gasteiger partial charge in [-0.2, -0.15) is 0 Å². The average molecular weight is 267 g/mol. The quantitative estimate of drug-likeness (QED) is 0.850. The molecule has 1 aromatic heterocycles. The zero-order chi connectivity index (χ0) is 13.8. The summed E-state index contributed by atoms with van der Waals surface area (Å²) < 4.78 is 10.8. The molecule has 1 aliphatic rings. The zero-order valence-corrected chi connectivity index (χ0v) is 10.0. The molecular formula is C12H13NO6. The van der Waals surface area contributed by atoms with E-state index in [4.69, 9.17) is 19.7 Å². The minimum absolute atomic E-state index is 0.374. The van der Waals surface area contributed by atoms with E-state index in [0.29, 0.717) is 18.8 Å². The molecule has 0 bridgehead atoms. The fraction of sp³-hybridized carbons (Fsp3) is 0.417. The van der Waals surface area contributed by atoms with E-state index in [1.807, 2.05) is 0 Å². The van der Waals surface area contributed by atoms with E-state index in [0.717, 1.165) is 12.8 Å². The minimum Gasteiger partial charge on any atom is -0.478 e. The Balaban J connectivity index is 2.34. The van der Waals surface area contributed by atoms with Crippen LogP contribution in [0.1, 0.15) is 45.5 Å². The number of aromatic nitrogens is 1. The summed E-state index contributed by atoms with van der Waals surface area (Å²) >= 11 is 0. The number of rotatable bonds is 3. The molecule has 2 N–H and O–H groups in total. The predicted octanol–water partition coefficient (Wildman–Crippen LogP) is 1.30. The van der Waals surface area contributed by atoms with Crippen LogP contribution in [-0.4, -0.2) is 40.3 Å². The van der Waals surface area contributed by atoms with Crippen molar-refractivity contribution in [2.24, 2.45) is 0 Å². The van der Waals surface area contributed by atoms with E-state index in [2.05, 4.69) is 4.98 Å². The van der Waals surface area contributed by atoms with Crippen LogP contribution in [0, 0.1) is 0 Å². The van der Waals surface area contributed by atoms with Gasteiger partial charge >= 0.3 is 11.9 Å². The highest BCUT2D eigenvalue weighted by Gasteiger charge is 2.22. The topological polar surface area (TPSA) is 106 Å². The van der Waals surface area contributed by atoms with Crippen molar-refractivity contribution in [2.75, 3.05) is 13.2 Å². The van der Waals surface area contributed by atoms with Crippen LogP contribution in [0.2, 0.25) is 0 Å². The summed E-state index contributed by atoms with van der Waals surface area (Å²) in [7, 11) is 0. The summed E-state index contributed by atoms with van der Waals surface area (Å²) in [6.07, 6.45) is 2.30. The lowest BCUT2D eigenvalue weighted by Crippen LogP contribution is -2.14. The van der Waals surface area contributed by atoms with Crippen molar-refractivity contribution in [3.05, 3.63) is 29.1 Å². The number of nitrogens with zero attached hydrogens (tertiary/aromatic N) is 1. The van der Waals surface area contributed by atoms with Crippen LogP contribution in [-0.2, 0) is 9.47 Å². The molecule has 0 atom stereocenters. The molecule has 0 radical (unpaired) electrons. The smallest absolute Gasteiger partial charge is 0.355 e. The third-order valence-electron chi connectivity index (χ3n) is 2.69. The molecular weight excluding hydrogens is 254 g/mol. The molecule has 0 amide bonds. The molecule has 1 saturated heterocycles. The molecule has 2 heterocycles. The lowest BCUT2D eigenvalue weighted by Gasteiger charge is -2.16. The summed E-state index contributed by atoms with van der Waals surface area (Å²) in [5.74, 6) is -2.73. The first-order valence-electron chi connectivity index (χ1n) is 5.79. The Labute approximate surface area is 108 Å². The van der Waals surface area contributed by atoms with Gasteiger partial charge in [-0.3, -0.25) is 0 Å². The highest BCUT2D eigenvalue weighted by atomic mass is 16.7. The van der Waals surface area contributed by atoms with Crippen LogP contribution >= 0.6 is 0 Å². The van der Waals surface area contributed by atoms with Gasteiger partial charge in [-0.15, -0.1) is 0 Å². The van der Waals surface area contributed by atoms with Crippen molar-refractivity contribution in [3.63, 3.8) is 0 Å². The number of hydrogen-bond donors (Lipinski definition) is 2. The fourth-order valence-electron chi connectivity index (χ4n) is 1.77. The van der Waals surface area contributed by atoms with Gasteiger partial charge in [-0.25, -0.2) is 14.6 Å². The van der Waals surface area contributed by atoms with Crippen LogP contribution in [0.4, 0.5) is 0 Å². The number of hydrogen-bond acceptors (Lipinski definition) is 5. The van der Waals surface area contributed by atoms with Gasteiger partial charge in [0.1, 0.15) is 0 Å². The van der Waals surface area contributed by atoms with Crippen molar-refractivity contribution in [1.29, 1.82) is 0 Å². The second kappa shape index (κ2) is 5.77. The molecule has 0 unspecified atom stereocenters. The maximum absolute atomic E-state index is 11.0. The van der Waals surface area contributed by atoms with Gasteiger partial charge in [0.05, 0.1) is 18.8 Å². The fourth-order valence-corrected chi connectivity index (χ4v) is 1.77. The zero-order valence-electron chi connectivity index (χ0n) is 10.0. The number of ether oxygens (including phenoxy) is 2. The van der Waals surface area contributed by atoms with Crippen LogP contribution in [0.25, 0.3) is 0 Å². The van der Waals surface area contributed by atoms with E-state index < -0.39 is 23.9 Å². The van der Waals surface area contributed by atoms with Gasteiger partial charge in [0.25, 0.3) is 0 Å². The first-order valence-corrected chi connectivity index (χ1v) is 5.79. The summed E-state index contributed by atoms with van der Waals surface area (Å²) in [5, 5.41) is 17.9. The number of pyridine rings is 1. The molecule has 0 aromatic carbocycles. The highest BCUT2D eigenvalue weighted by molar-refractivity contribution is 6.00. The standard InChI is InChI=1S/C12H13NO6/c14-10(15)8-5-7(6-13-9(8)11(16)17)12-18-3-1-2-4-19-12/h5-6,12H,1-4H2,(H,14,15)(H,16,17). The molecule has 7 heteroatoms. The van der Waals surface area contributed by atoms with Gasteiger partial charge in [-0.05, 0) is 18.9 Å². The van der Waals surface area contributed by atoms with Crippen molar-refractivity contribution >= 4 is 11.9 Å². The van der Waals surface area contributed by atoms with E-state index in [-0.39, 0.29) is 5.56 Å². The maximum atomic E-state index is 11.0. The van der Waals surface area contributed by atoms with Crippen LogP contribution in [0.3, 0.4) is 0 Å². The molecule has 0 aliphatic carbocycles. The van der Waals surface area contributed by atoms with E-state index in [9.17, 15) is 9.59 Å². The molecule has 1 fully saturated rings. The van der Waals surface area contributed by atoms with E-state index >= 15 is 0 Å². The largest absolute Gasteiger partial charge is 0.478 e. The van der Waals surface area contributed by atoms with Crippen molar-refractivity contribution in [2.45, 2.75) is 19.1 Å². The Morgan fingerprint density at radius 1 is 1.16 bits per heavy atom. The highest BCUT2D eigenvalue weighted by Crippen LogP contribution is 2.23. The lowest BCUT2D eigenvalue weighted by atomic mass is 10.1. The average Bonchev–Trinajstić information content (AvgIpc) is 2.66. The molecule has 2 rings (SSSR count). The maximum Gasteiger partial charge on any atom is 0.355 e. The van der Waals surface area contributed by atoms with Crippen molar-refractivity contribution in [1.82, 2.24) is 4.98 Å². The van der Waals surface area contributed by atoms with Crippen molar-refractivity contribution < 1.29 is 29.3 Å². The Hall–Kier alpha value is -1.99. The summed E-state index contributed by atoms with van der Waals surface area (Å²) in [6, 6.07) is 1.23. The molecule has 7 nitrogen and oxygen atoms in total. The molecule has 1 aliphatic heterocycles. The van der Waals surface area contributed by atoms with Crippen molar-refractivity contribution in [3.8, 4) is 0 Å². The molecule has 102 valence electrons. The number of carbonyl (C=O) groups is 2. The molecule has 19 heavy (non-hydrogen) atoms. The minimum atomic E-state index is -1.38. The third-order valence-corrected chi connectivity index (χ3v) is 2.69. The SMILES string of the molecule is O=C(O)c1cc(C2OCCCCO2)cnc1C(=O)O. The van der Waals surface area contributed by atoms with Crippen LogP contribution in [0.5, 0.6) is 0 Å². The van der Waals surface area contributed by atoms with Gasteiger partial charge < -0.3 is 19.7 Å². The Bertz CT molecular complexity index is 493. The molecule has 0 spiro atoms. The summed E-state index contributed by atoms with van der Waals surface area (Å²) in [4.78, 5) is 25.6. The molecule has 1 aromatic rings. The Kier molecular flexibility index (Phi) is 4.08. The monoisotopic (exact) mass is 267 g/mol. The first-order chi connectivity index (χ1) is 9.09. The summed E-state index contributed by atoms with van der Waals surface area (Å²) in [5.41, 5.74) is -0.462. The normalized spacial score (nSPS) is 16.8. The first kappa shape index (κ1) is 13.4. The Morgan fingerprint density at radius 3 is 2.32 bits per heavy atom. The number of carboxylic acid groups (broad SMARTS) is 2. The van der Waals surface area contributed by atoms with Crippen LogP contribution in [0.15, 0.2) is 12.3 Å². The van der Waals surface area contributed by atoms with Gasteiger partial charge in [0.2, 0.25) is 0 Å². The predicted molar refractivity (Wildman–Crippen MR) is 62.0 cm³/mol. The third kappa shape index (κ3) is 3.07. The number of carboxylic acids is 2. The number of aromatic carboxylic acids is 2. The molecule has 0 saturated carbocycles. The van der Waals surface area contributed by atoms with Gasteiger partial charge in [-0.1, -0.05) is 0 Å². The van der Waals surface area contributed by atoms with Crippen LogP contribution < -0.4 is 0 Å². The van der Waals surface area contributed by atoms with Gasteiger partial charge in [0.15, 0.2) is 12.0 Å². The van der Waals surface area contributed by atoms with Gasteiger partial charge in [0, 0.05) is 11.8 Å². The summed E-state index contributed by atoms with van der Waals surface area (Å²) in [6.45, 7) is 1.02.